The summed E-state index contributed by atoms with van der Waals surface area (Å²) in [6, 6.07) is 5.11. The molecule has 1 aromatic carbocycles. The van der Waals surface area contributed by atoms with Gasteiger partial charge in [0.2, 0.25) is 0 Å². The smallest absolute Gasteiger partial charge is 0.372 e. The monoisotopic (exact) mass is 277 g/mol. The third-order valence-corrected chi connectivity index (χ3v) is 3.17. The average Bonchev–Trinajstić information content (AvgIpc) is 2.33. The Hall–Kier alpha value is -2.08. The third kappa shape index (κ3) is 3.23. The van der Waals surface area contributed by atoms with Gasteiger partial charge in [-0.1, -0.05) is 36.0 Å². The molecule has 0 unspecified atom stereocenters. The molecule has 1 heterocycles. The van der Waals surface area contributed by atoms with Crippen molar-refractivity contribution in [2.75, 3.05) is 5.75 Å². The first-order valence-corrected chi connectivity index (χ1v) is 6.52. The summed E-state index contributed by atoms with van der Waals surface area (Å²) in [7, 11) is 0. The fraction of sp³-hybridized carbons (Fsp3) is 0.154. The zero-order valence-electron chi connectivity index (χ0n) is 10.1. The van der Waals surface area contributed by atoms with E-state index in [0.717, 1.165) is 0 Å². The number of thioether (sulfide) groups is 1. The van der Waals surface area contributed by atoms with Gasteiger partial charge in [-0.25, -0.2) is 9.59 Å². The number of H-pyrrole nitrogens is 1. The maximum atomic E-state index is 11.7. The quantitative estimate of drug-likeness (QED) is 0.924. The highest BCUT2D eigenvalue weighted by atomic mass is 32.2. The van der Waals surface area contributed by atoms with Gasteiger partial charge in [-0.3, -0.25) is 9.78 Å². The highest BCUT2D eigenvalue weighted by Crippen LogP contribution is 2.14. The van der Waals surface area contributed by atoms with Crippen molar-refractivity contribution < 1.29 is 9.21 Å². The molecule has 98 valence electrons. The van der Waals surface area contributed by atoms with Crippen molar-refractivity contribution in [2.45, 2.75) is 6.92 Å². The lowest BCUT2D eigenvalue weighted by Gasteiger charge is -1.99. The number of hydrogen-bond acceptors (Lipinski definition) is 5. The first kappa shape index (κ1) is 13.4. The third-order valence-electron chi connectivity index (χ3n) is 2.40. The Bertz CT molecular complexity index is 757. The average molecular weight is 277 g/mol. The molecule has 1 aromatic heterocycles. The van der Waals surface area contributed by atoms with Crippen molar-refractivity contribution in [1.29, 1.82) is 0 Å². The second-order valence-corrected chi connectivity index (χ2v) is 4.97. The van der Waals surface area contributed by atoms with E-state index in [-0.39, 0.29) is 5.12 Å². The number of rotatable bonds is 3. The second kappa shape index (κ2) is 5.71. The molecular weight excluding hydrogens is 266 g/mol. The molecule has 0 saturated heterocycles. The lowest BCUT2D eigenvalue weighted by atomic mass is 10.1. The van der Waals surface area contributed by atoms with Gasteiger partial charge in [0.05, 0.1) is 10.9 Å². The molecule has 0 bridgehead atoms. The van der Waals surface area contributed by atoms with Crippen LogP contribution in [0.2, 0.25) is 0 Å². The van der Waals surface area contributed by atoms with Gasteiger partial charge in [0.1, 0.15) is 0 Å². The zero-order chi connectivity index (χ0) is 13.8. The zero-order valence-corrected chi connectivity index (χ0v) is 11.0. The normalized spacial score (nSPS) is 11.2. The van der Waals surface area contributed by atoms with E-state index in [1.54, 1.807) is 30.4 Å². The molecule has 2 rings (SSSR count). The summed E-state index contributed by atoms with van der Waals surface area (Å²) >= 11 is 1.18. The number of fused-ring (bicyclic) bond motifs is 1. The van der Waals surface area contributed by atoms with Crippen molar-refractivity contribution in [3.63, 3.8) is 0 Å². The van der Waals surface area contributed by atoms with Crippen LogP contribution in [0.5, 0.6) is 0 Å². The Morgan fingerprint density at radius 2 is 2.21 bits per heavy atom. The number of carbonyl (C=O) groups is 1. The predicted molar refractivity (Wildman–Crippen MR) is 75.3 cm³/mol. The molecule has 0 amide bonds. The van der Waals surface area contributed by atoms with E-state index in [1.807, 2.05) is 0 Å². The van der Waals surface area contributed by atoms with Gasteiger partial charge in [0, 0.05) is 12.7 Å². The molecule has 0 aliphatic carbocycles. The maximum Gasteiger partial charge on any atom is 0.419 e. The molecule has 6 heteroatoms. The lowest BCUT2D eigenvalue weighted by molar-refractivity contribution is -0.109. The Balaban J connectivity index is 2.41. The van der Waals surface area contributed by atoms with Crippen LogP contribution >= 0.6 is 11.8 Å². The summed E-state index contributed by atoms with van der Waals surface area (Å²) in [4.78, 5) is 36.0. The number of aromatic nitrogens is 1. The minimum atomic E-state index is -0.772. The molecule has 0 spiro atoms. The summed E-state index contributed by atoms with van der Waals surface area (Å²) < 4.78 is 4.52. The van der Waals surface area contributed by atoms with Gasteiger partial charge in [0.25, 0.3) is 0 Å². The Morgan fingerprint density at radius 1 is 1.42 bits per heavy atom. The Morgan fingerprint density at radius 3 is 2.95 bits per heavy atom. The fourth-order valence-corrected chi connectivity index (χ4v) is 2.08. The van der Waals surface area contributed by atoms with Crippen molar-refractivity contribution in [3.05, 3.63) is 50.8 Å². The summed E-state index contributed by atoms with van der Waals surface area (Å²) in [5.74, 6) is -0.244. The van der Waals surface area contributed by atoms with E-state index in [4.69, 9.17) is 0 Å². The van der Waals surface area contributed by atoms with Gasteiger partial charge < -0.3 is 4.42 Å². The van der Waals surface area contributed by atoms with Gasteiger partial charge in [0.15, 0.2) is 5.12 Å². The van der Waals surface area contributed by atoms with Crippen LogP contribution in [-0.4, -0.2) is 15.9 Å². The molecule has 0 atom stereocenters. The van der Waals surface area contributed by atoms with Crippen molar-refractivity contribution in [3.8, 4) is 0 Å². The fourth-order valence-electron chi connectivity index (χ4n) is 1.65. The van der Waals surface area contributed by atoms with E-state index in [2.05, 4.69) is 9.40 Å². The van der Waals surface area contributed by atoms with Crippen LogP contribution in [0.15, 0.2) is 38.3 Å². The minimum absolute atomic E-state index is 0.0337. The molecule has 0 radical (unpaired) electrons. The first-order chi connectivity index (χ1) is 9.08. The van der Waals surface area contributed by atoms with Crippen LogP contribution in [0.3, 0.4) is 0 Å². The molecule has 5 nitrogen and oxygen atoms in total. The van der Waals surface area contributed by atoms with Gasteiger partial charge >= 0.3 is 11.4 Å². The predicted octanol–water partition coefficient (Wildman–Crippen LogP) is 1.77. The van der Waals surface area contributed by atoms with E-state index in [1.165, 1.54) is 18.7 Å². The van der Waals surface area contributed by atoms with E-state index in [0.29, 0.717) is 22.2 Å². The molecule has 0 aliphatic heterocycles. The Kier molecular flexibility index (Phi) is 4.01. The molecule has 0 fully saturated rings. The summed E-state index contributed by atoms with van der Waals surface area (Å²) in [5.41, 5.74) is 0.410. The summed E-state index contributed by atoms with van der Waals surface area (Å²) in [5, 5.41) is 0.359. The van der Waals surface area contributed by atoms with Gasteiger partial charge in [-0.2, -0.15) is 0 Å². The number of hydrogen-bond donors (Lipinski definition) is 1. The van der Waals surface area contributed by atoms with Crippen LogP contribution in [0, 0.1) is 0 Å². The van der Waals surface area contributed by atoms with Gasteiger partial charge in [-0.15, -0.1) is 0 Å². The molecule has 1 N–H and O–H groups in total. The van der Waals surface area contributed by atoms with Crippen LogP contribution in [0.4, 0.5) is 0 Å². The van der Waals surface area contributed by atoms with Crippen molar-refractivity contribution in [1.82, 2.24) is 4.98 Å². The Labute approximate surface area is 112 Å². The minimum Gasteiger partial charge on any atom is -0.372 e. The maximum absolute atomic E-state index is 11.7. The number of carbonyl (C=O) groups excluding carboxylic acids is 1. The molecule has 2 aromatic rings. The SMILES string of the molecule is CC(=O)SCC=Cc1cccc2[nH]c(=O)oc(=O)c12. The highest BCUT2D eigenvalue weighted by Gasteiger charge is 2.05. The van der Waals surface area contributed by atoms with Crippen LogP contribution in [0.25, 0.3) is 17.0 Å². The lowest BCUT2D eigenvalue weighted by Crippen LogP contribution is -2.15. The number of aromatic amines is 1. The van der Waals surface area contributed by atoms with E-state index >= 15 is 0 Å². The second-order valence-electron chi connectivity index (χ2n) is 3.78. The topological polar surface area (TPSA) is 80.1 Å². The van der Waals surface area contributed by atoms with Crippen LogP contribution < -0.4 is 11.4 Å². The molecule has 19 heavy (non-hydrogen) atoms. The highest BCUT2D eigenvalue weighted by molar-refractivity contribution is 8.13. The van der Waals surface area contributed by atoms with Crippen molar-refractivity contribution in [2.24, 2.45) is 0 Å². The summed E-state index contributed by atoms with van der Waals surface area (Å²) in [6.45, 7) is 1.50. The number of nitrogens with one attached hydrogen (secondary N) is 1. The largest absolute Gasteiger partial charge is 0.419 e. The van der Waals surface area contributed by atoms with E-state index < -0.39 is 11.4 Å². The molecule has 0 saturated carbocycles. The molecule has 0 aliphatic rings. The summed E-state index contributed by atoms with van der Waals surface area (Å²) in [6.07, 6.45) is 3.51. The van der Waals surface area contributed by atoms with Crippen molar-refractivity contribution >= 4 is 33.9 Å². The van der Waals surface area contributed by atoms with Crippen LogP contribution in [-0.2, 0) is 4.79 Å². The van der Waals surface area contributed by atoms with Crippen LogP contribution in [0.1, 0.15) is 12.5 Å². The van der Waals surface area contributed by atoms with Gasteiger partial charge in [-0.05, 0) is 11.6 Å². The standard InChI is InChI=1S/C13H11NO4S/c1-8(15)19-7-3-5-9-4-2-6-10-11(9)12(16)18-13(17)14-10/h2-6H,7H2,1H3,(H,14,17). The number of benzene rings is 1. The first-order valence-electron chi connectivity index (χ1n) is 5.54. The molecular formula is C13H11NO4S. The van der Waals surface area contributed by atoms with E-state index in [9.17, 15) is 14.4 Å².